The molecule has 1 saturated carbocycles. The SMILES string of the molecule is COC(=O)C(C)Nc1ccc(C2(C(=O)O)CCC2)cc1. The van der Waals surface area contributed by atoms with Gasteiger partial charge in [0.25, 0.3) is 0 Å². The molecule has 20 heavy (non-hydrogen) atoms. The van der Waals surface area contributed by atoms with Gasteiger partial charge in [-0.15, -0.1) is 0 Å². The minimum atomic E-state index is -0.757. The van der Waals surface area contributed by atoms with Crippen molar-refractivity contribution in [2.75, 3.05) is 12.4 Å². The lowest BCUT2D eigenvalue weighted by molar-refractivity contribution is -0.147. The van der Waals surface area contributed by atoms with Crippen LogP contribution >= 0.6 is 0 Å². The van der Waals surface area contributed by atoms with Crippen LogP contribution < -0.4 is 5.32 Å². The molecule has 1 aliphatic rings. The van der Waals surface area contributed by atoms with Gasteiger partial charge in [0.2, 0.25) is 0 Å². The highest BCUT2D eigenvalue weighted by Gasteiger charge is 2.45. The summed E-state index contributed by atoms with van der Waals surface area (Å²) in [6.45, 7) is 1.71. The van der Waals surface area contributed by atoms with E-state index in [1.54, 1.807) is 19.1 Å². The van der Waals surface area contributed by atoms with Crippen LogP contribution in [0.1, 0.15) is 31.7 Å². The fourth-order valence-electron chi connectivity index (χ4n) is 2.53. The van der Waals surface area contributed by atoms with Crippen LogP contribution in [0.15, 0.2) is 24.3 Å². The Bertz CT molecular complexity index is 505. The molecule has 5 heteroatoms. The Morgan fingerprint density at radius 1 is 1.30 bits per heavy atom. The summed E-state index contributed by atoms with van der Waals surface area (Å²) >= 11 is 0. The zero-order valence-electron chi connectivity index (χ0n) is 11.7. The van der Waals surface area contributed by atoms with E-state index < -0.39 is 17.4 Å². The molecule has 5 nitrogen and oxygen atoms in total. The van der Waals surface area contributed by atoms with Crippen molar-refractivity contribution in [1.82, 2.24) is 0 Å². The number of esters is 1. The van der Waals surface area contributed by atoms with Gasteiger partial charge in [0, 0.05) is 5.69 Å². The summed E-state index contributed by atoms with van der Waals surface area (Å²) in [6, 6.07) is 6.80. The largest absolute Gasteiger partial charge is 0.481 e. The van der Waals surface area contributed by atoms with E-state index in [0.717, 1.165) is 17.7 Å². The lowest BCUT2D eigenvalue weighted by Crippen LogP contribution is -2.42. The monoisotopic (exact) mass is 277 g/mol. The molecule has 1 aromatic carbocycles. The standard InChI is InChI=1S/C15H19NO4/c1-10(13(17)20-2)16-12-6-4-11(5-7-12)15(14(18)19)8-3-9-15/h4-7,10,16H,3,8-9H2,1-2H3,(H,18,19). The number of methoxy groups -OCH3 is 1. The first-order valence-corrected chi connectivity index (χ1v) is 6.68. The highest BCUT2D eigenvalue weighted by Crippen LogP contribution is 2.44. The molecule has 1 unspecified atom stereocenters. The molecule has 2 rings (SSSR count). The number of carboxylic acid groups (broad SMARTS) is 1. The second-order valence-electron chi connectivity index (χ2n) is 5.21. The number of anilines is 1. The Hall–Kier alpha value is -2.04. The van der Waals surface area contributed by atoms with Crippen molar-refractivity contribution < 1.29 is 19.4 Å². The molecular weight excluding hydrogens is 258 g/mol. The van der Waals surface area contributed by atoms with E-state index in [0.29, 0.717) is 12.8 Å². The number of nitrogens with one attached hydrogen (secondary N) is 1. The molecule has 1 atom stereocenters. The van der Waals surface area contributed by atoms with Crippen molar-refractivity contribution >= 4 is 17.6 Å². The van der Waals surface area contributed by atoms with Crippen molar-refractivity contribution in [2.45, 2.75) is 37.6 Å². The molecule has 0 amide bonds. The summed E-state index contributed by atoms with van der Waals surface area (Å²) in [5.74, 6) is -1.09. The topological polar surface area (TPSA) is 75.6 Å². The number of carbonyl (C=O) groups excluding carboxylic acids is 1. The normalized spacial score (nSPS) is 17.7. The summed E-state index contributed by atoms with van der Waals surface area (Å²) in [6.07, 6.45) is 2.33. The fraction of sp³-hybridized carbons (Fsp3) is 0.467. The van der Waals surface area contributed by atoms with Crippen LogP contribution in [0.5, 0.6) is 0 Å². The van der Waals surface area contributed by atoms with Crippen LogP contribution in [0, 0.1) is 0 Å². The first-order valence-electron chi connectivity index (χ1n) is 6.68. The van der Waals surface area contributed by atoms with Crippen molar-refractivity contribution in [3.63, 3.8) is 0 Å². The highest BCUT2D eigenvalue weighted by atomic mass is 16.5. The van der Waals surface area contributed by atoms with E-state index in [9.17, 15) is 14.7 Å². The number of carbonyl (C=O) groups is 2. The molecular formula is C15H19NO4. The molecule has 0 bridgehead atoms. The molecule has 1 aromatic rings. The van der Waals surface area contributed by atoms with Crippen LogP contribution in [0.25, 0.3) is 0 Å². The number of aliphatic carboxylic acids is 1. The van der Waals surface area contributed by atoms with Gasteiger partial charge < -0.3 is 15.2 Å². The first kappa shape index (κ1) is 14.4. The minimum Gasteiger partial charge on any atom is -0.481 e. The summed E-state index contributed by atoms with van der Waals surface area (Å²) < 4.78 is 4.64. The van der Waals surface area contributed by atoms with E-state index >= 15 is 0 Å². The number of hydrogen-bond donors (Lipinski definition) is 2. The zero-order chi connectivity index (χ0) is 14.8. The van der Waals surface area contributed by atoms with Gasteiger partial charge in [-0.3, -0.25) is 4.79 Å². The van der Waals surface area contributed by atoms with Crippen molar-refractivity contribution in [3.8, 4) is 0 Å². The third-order valence-corrected chi connectivity index (χ3v) is 3.99. The fourth-order valence-corrected chi connectivity index (χ4v) is 2.53. The maximum Gasteiger partial charge on any atom is 0.327 e. The van der Waals surface area contributed by atoms with Gasteiger partial charge in [0.05, 0.1) is 12.5 Å². The third kappa shape index (κ3) is 2.48. The van der Waals surface area contributed by atoms with Crippen LogP contribution in [0.2, 0.25) is 0 Å². The van der Waals surface area contributed by atoms with Crippen molar-refractivity contribution in [1.29, 1.82) is 0 Å². The quantitative estimate of drug-likeness (QED) is 0.807. The third-order valence-electron chi connectivity index (χ3n) is 3.99. The Morgan fingerprint density at radius 2 is 1.90 bits per heavy atom. The molecule has 0 saturated heterocycles. The summed E-state index contributed by atoms with van der Waals surface area (Å²) in [5, 5.41) is 12.4. The van der Waals surface area contributed by atoms with Gasteiger partial charge in [-0.05, 0) is 37.5 Å². The van der Waals surface area contributed by atoms with E-state index in [1.165, 1.54) is 7.11 Å². The summed E-state index contributed by atoms with van der Waals surface area (Å²) in [5.41, 5.74) is 0.881. The average molecular weight is 277 g/mol. The van der Waals surface area contributed by atoms with Crippen molar-refractivity contribution in [3.05, 3.63) is 29.8 Å². The predicted octanol–water partition coefficient (Wildman–Crippen LogP) is 2.17. The summed E-state index contributed by atoms with van der Waals surface area (Å²) in [4.78, 5) is 22.7. The van der Waals surface area contributed by atoms with Gasteiger partial charge >= 0.3 is 11.9 Å². The van der Waals surface area contributed by atoms with Crippen LogP contribution in [-0.2, 0) is 19.7 Å². The Kier molecular flexibility index (Phi) is 3.97. The lowest BCUT2D eigenvalue weighted by Gasteiger charge is -2.38. The summed E-state index contributed by atoms with van der Waals surface area (Å²) in [7, 11) is 1.34. The Labute approximate surface area is 117 Å². The first-order chi connectivity index (χ1) is 9.49. The van der Waals surface area contributed by atoms with E-state index in [2.05, 4.69) is 10.1 Å². The van der Waals surface area contributed by atoms with E-state index in [4.69, 9.17) is 0 Å². The van der Waals surface area contributed by atoms with Gasteiger partial charge in [0.1, 0.15) is 6.04 Å². The molecule has 108 valence electrons. The Balaban J connectivity index is 2.11. The average Bonchev–Trinajstić information content (AvgIpc) is 2.38. The van der Waals surface area contributed by atoms with Gasteiger partial charge in [0.15, 0.2) is 0 Å². The predicted molar refractivity (Wildman–Crippen MR) is 74.7 cm³/mol. The minimum absolute atomic E-state index is 0.338. The number of benzene rings is 1. The van der Waals surface area contributed by atoms with Crippen LogP contribution in [0.3, 0.4) is 0 Å². The lowest BCUT2D eigenvalue weighted by atomic mass is 9.64. The van der Waals surface area contributed by atoms with Crippen molar-refractivity contribution in [2.24, 2.45) is 0 Å². The number of ether oxygens (including phenoxy) is 1. The maximum atomic E-state index is 11.4. The second kappa shape index (κ2) is 5.53. The zero-order valence-corrected chi connectivity index (χ0v) is 11.7. The van der Waals surface area contributed by atoms with E-state index in [-0.39, 0.29) is 5.97 Å². The number of rotatable bonds is 5. The van der Waals surface area contributed by atoms with Crippen LogP contribution in [-0.4, -0.2) is 30.2 Å². The van der Waals surface area contributed by atoms with Gasteiger partial charge in [-0.2, -0.15) is 0 Å². The molecule has 0 radical (unpaired) electrons. The van der Waals surface area contributed by atoms with Gasteiger partial charge in [-0.25, -0.2) is 4.79 Å². The second-order valence-corrected chi connectivity index (χ2v) is 5.21. The van der Waals surface area contributed by atoms with E-state index in [1.807, 2.05) is 12.1 Å². The highest BCUT2D eigenvalue weighted by molar-refractivity contribution is 5.83. The smallest absolute Gasteiger partial charge is 0.327 e. The Morgan fingerprint density at radius 3 is 2.30 bits per heavy atom. The molecule has 0 heterocycles. The molecule has 1 aliphatic carbocycles. The maximum absolute atomic E-state index is 11.4. The molecule has 0 aromatic heterocycles. The molecule has 0 aliphatic heterocycles. The number of hydrogen-bond acceptors (Lipinski definition) is 4. The van der Waals surface area contributed by atoms with Gasteiger partial charge in [-0.1, -0.05) is 18.6 Å². The van der Waals surface area contributed by atoms with Crippen LogP contribution in [0.4, 0.5) is 5.69 Å². The molecule has 2 N–H and O–H groups in total. The number of carboxylic acids is 1. The molecule has 1 fully saturated rings. The molecule has 0 spiro atoms.